The summed E-state index contributed by atoms with van der Waals surface area (Å²) in [5, 5.41) is 6.64. The van der Waals surface area contributed by atoms with E-state index in [0.717, 1.165) is 12.3 Å². The van der Waals surface area contributed by atoms with Crippen LogP contribution in [0.5, 0.6) is 0 Å². The average molecular weight is 272 g/mol. The Hall–Kier alpha value is -1.96. The molecule has 0 spiro atoms. The van der Waals surface area contributed by atoms with Gasteiger partial charge in [-0.05, 0) is 19.2 Å². The van der Waals surface area contributed by atoms with Crippen LogP contribution in [0.15, 0.2) is 22.9 Å². The Labute approximate surface area is 106 Å². The fourth-order valence-electron chi connectivity index (χ4n) is 1.38. The molecule has 0 radical (unpaired) electrons. The summed E-state index contributed by atoms with van der Waals surface area (Å²) in [4.78, 5) is 7.73. The van der Waals surface area contributed by atoms with Crippen molar-refractivity contribution in [2.75, 3.05) is 13.6 Å². The maximum absolute atomic E-state index is 12.4. The average Bonchev–Trinajstić information content (AvgIpc) is 2.84. The van der Waals surface area contributed by atoms with Gasteiger partial charge in [0.2, 0.25) is 0 Å². The molecule has 0 unspecified atom stereocenters. The summed E-state index contributed by atoms with van der Waals surface area (Å²) in [6.45, 7) is 0.680. The maximum atomic E-state index is 12.4. The Kier molecular flexibility index (Phi) is 3.79. The van der Waals surface area contributed by atoms with Gasteiger partial charge in [-0.3, -0.25) is 4.98 Å². The normalized spacial score (nSPS) is 11.8. The summed E-state index contributed by atoms with van der Waals surface area (Å²) in [5.41, 5.74) is -0.595. The largest absolute Gasteiger partial charge is 0.417 e. The number of nitrogens with zero attached hydrogens (tertiary/aromatic N) is 3. The van der Waals surface area contributed by atoms with Crippen molar-refractivity contribution in [1.82, 2.24) is 20.4 Å². The Morgan fingerprint density at radius 1 is 1.32 bits per heavy atom. The third kappa shape index (κ3) is 3.28. The predicted octanol–water partition coefficient (Wildman–Crippen LogP) is 1.91. The predicted molar refractivity (Wildman–Crippen MR) is 60.2 cm³/mol. The molecule has 0 atom stereocenters. The van der Waals surface area contributed by atoms with Crippen LogP contribution in [-0.2, 0) is 12.6 Å². The second kappa shape index (κ2) is 5.35. The van der Waals surface area contributed by atoms with Gasteiger partial charge in [0.05, 0.1) is 5.56 Å². The molecule has 5 nitrogen and oxygen atoms in total. The molecule has 2 rings (SSSR count). The molecule has 102 valence electrons. The minimum atomic E-state index is -4.40. The quantitative estimate of drug-likeness (QED) is 0.921. The first-order valence-electron chi connectivity index (χ1n) is 5.51. The van der Waals surface area contributed by atoms with Gasteiger partial charge >= 0.3 is 6.18 Å². The summed E-state index contributed by atoms with van der Waals surface area (Å²) in [7, 11) is 1.79. The summed E-state index contributed by atoms with van der Waals surface area (Å²) in [6, 6.07) is 2.14. The summed E-state index contributed by atoms with van der Waals surface area (Å²) in [5.74, 6) is 0.589. The van der Waals surface area contributed by atoms with Crippen LogP contribution in [0.25, 0.3) is 11.6 Å². The Bertz CT molecular complexity index is 536. The van der Waals surface area contributed by atoms with Crippen molar-refractivity contribution in [3.63, 3.8) is 0 Å². The third-order valence-electron chi connectivity index (χ3n) is 2.38. The molecular formula is C11H11F3N4O. The van der Waals surface area contributed by atoms with E-state index in [0.29, 0.717) is 18.8 Å². The second-order valence-electron chi connectivity index (χ2n) is 3.80. The van der Waals surface area contributed by atoms with E-state index in [1.807, 2.05) is 0 Å². The minimum Gasteiger partial charge on any atom is -0.332 e. The molecule has 0 fully saturated rings. The number of alkyl halides is 3. The van der Waals surface area contributed by atoms with Gasteiger partial charge in [-0.2, -0.15) is 18.2 Å². The van der Waals surface area contributed by atoms with Crippen molar-refractivity contribution >= 4 is 0 Å². The van der Waals surface area contributed by atoms with Crippen LogP contribution in [0.3, 0.4) is 0 Å². The number of likely N-dealkylation sites (N-methyl/N-ethyl adjacent to an activating group) is 1. The molecule has 0 aromatic carbocycles. The van der Waals surface area contributed by atoms with Gasteiger partial charge in [-0.25, -0.2) is 0 Å². The van der Waals surface area contributed by atoms with E-state index in [2.05, 4.69) is 20.4 Å². The van der Waals surface area contributed by atoms with E-state index in [9.17, 15) is 13.2 Å². The third-order valence-corrected chi connectivity index (χ3v) is 2.38. The number of hydrogen-bond acceptors (Lipinski definition) is 5. The van der Waals surface area contributed by atoms with Crippen molar-refractivity contribution in [3.8, 4) is 11.6 Å². The Balaban J connectivity index is 2.16. The SMILES string of the molecule is CNCCc1noc(-c2ccc(C(F)(F)F)cn2)n1. The van der Waals surface area contributed by atoms with Crippen molar-refractivity contribution in [2.24, 2.45) is 0 Å². The summed E-state index contributed by atoms with van der Waals surface area (Å²) >= 11 is 0. The first-order chi connectivity index (χ1) is 9.00. The number of hydrogen-bond donors (Lipinski definition) is 1. The van der Waals surface area contributed by atoms with E-state index in [1.54, 1.807) is 7.05 Å². The minimum absolute atomic E-state index is 0.111. The van der Waals surface area contributed by atoms with Gasteiger partial charge in [0, 0.05) is 19.2 Å². The highest BCUT2D eigenvalue weighted by molar-refractivity contribution is 5.46. The van der Waals surface area contributed by atoms with Crippen molar-refractivity contribution in [3.05, 3.63) is 29.7 Å². The molecule has 0 bridgehead atoms. The molecule has 0 saturated carbocycles. The van der Waals surface area contributed by atoms with E-state index >= 15 is 0 Å². The lowest BCUT2D eigenvalue weighted by molar-refractivity contribution is -0.137. The van der Waals surface area contributed by atoms with Crippen LogP contribution in [0, 0.1) is 0 Å². The number of rotatable bonds is 4. The van der Waals surface area contributed by atoms with E-state index in [4.69, 9.17) is 4.52 Å². The molecule has 0 aliphatic heterocycles. The highest BCUT2D eigenvalue weighted by Crippen LogP contribution is 2.29. The van der Waals surface area contributed by atoms with Gasteiger partial charge < -0.3 is 9.84 Å². The van der Waals surface area contributed by atoms with E-state index in [1.165, 1.54) is 6.07 Å². The van der Waals surface area contributed by atoms with E-state index in [-0.39, 0.29) is 11.6 Å². The van der Waals surface area contributed by atoms with E-state index < -0.39 is 11.7 Å². The van der Waals surface area contributed by atoms with Crippen LogP contribution < -0.4 is 5.32 Å². The van der Waals surface area contributed by atoms with Crippen LogP contribution in [0.1, 0.15) is 11.4 Å². The summed E-state index contributed by atoms with van der Waals surface area (Å²) < 4.78 is 42.0. The molecule has 0 aliphatic carbocycles. The van der Waals surface area contributed by atoms with Crippen molar-refractivity contribution in [2.45, 2.75) is 12.6 Å². The number of nitrogens with one attached hydrogen (secondary N) is 1. The zero-order valence-electron chi connectivity index (χ0n) is 10.0. The maximum Gasteiger partial charge on any atom is 0.417 e. The molecule has 8 heteroatoms. The van der Waals surface area contributed by atoms with Crippen molar-refractivity contribution in [1.29, 1.82) is 0 Å². The fourth-order valence-corrected chi connectivity index (χ4v) is 1.38. The first-order valence-corrected chi connectivity index (χ1v) is 5.51. The molecule has 0 aliphatic rings. The smallest absolute Gasteiger partial charge is 0.332 e. The highest BCUT2D eigenvalue weighted by Gasteiger charge is 2.30. The Morgan fingerprint density at radius 3 is 2.68 bits per heavy atom. The van der Waals surface area contributed by atoms with Gasteiger partial charge in [-0.15, -0.1) is 0 Å². The van der Waals surface area contributed by atoms with Crippen LogP contribution >= 0.6 is 0 Å². The second-order valence-corrected chi connectivity index (χ2v) is 3.80. The van der Waals surface area contributed by atoms with Gasteiger partial charge in [-0.1, -0.05) is 5.16 Å². The lowest BCUT2D eigenvalue weighted by Crippen LogP contribution is -2.11. The molecule has 0 amide bonds. The zero-order valence-corrected chi connectivity index (χ0v) is 10.0. The molecule has 2 aromatic heterocycles. The molecule has 2 aromatic rings. The summed E-state index contributed by atoms with van der Waals surface area (Å²) in [6.07, 6.45) is -3.09. The van der Waals surface area contributed by atoms with Gasteiger partial charge in [0.1, 0.15) is 5.69 Å². The molecule has 19 heavy (non-hydrogen) atoms. The first kappa shape index (κ1) is 13.5. The fraction of sp³-hybridized carbons (Fsp3) is 0.364. The lowest BCUT2D eigenvalue weighted by atomic mass is 10.2. The van der Waals surface area contributed by atoms with Crippen LogP contribution in [-0.4, -0.2) is 28.7 Å². The van der Waals surface area contributed by atoms with Crippen molar-refractivity contribution < 1.29 is 17.7 Å². The van der Waals surface area contributed by atoms with Gasteiger partial charge in [0.25, 0.3) is 5.89 Å². The number of halogens is 3. The van der Waals surface area contributed by atoms with Gasteiger partial charge in [0.15, 0.2) is 5.82 Å². The Morgan fingerprint density at radius 2 is 2.11 bits per heavy atom. The highest BCUT2D eigenvalue weighted by atomic mass is 19.4. The molecule has 1 N–H and O–H groups in total. The molecular weight excluding hydrogens is 261 g/mol. The number of pyridine rings is 1. The van der Waals surface area contributed by atoms with Crippen LogP contribution in [0.4, 0.5) is 13.2 Å². The lowest BCUT2D eigenvalue weighted by Gasteiger charge is -2.04. The molecule has 2 heterocycles. The zero-order chi connectivity index (χ0) is 13.9. The standard InChI is InChI=1S/C11H11F3N4O/c1-15-5-4-9-17-10(19-18-9)8-3-2-7(6-16-8)11(12,13)14/h2-3,6,15H,4-5H2,1H3. The topological polar surface area (TPSA) is 63.8 Å². The number of aromatic nitrogens is 3. The van der Waals surface area contributed by atoms with Crippen LogP contribution in [0.2, 0.25) is 0 Å². The molecule has 0 saturated heterocycles. The monoisotopic (exact) mass is 272 g/mol.